The van der Waals surface area contributed by atoms with Crippen LogP contribution in [0.15, 0.2) is 30.3 Å². The third-order valence-electron chi connectivity index (χ3n) is 5.69. The summed E-state index contributed by atoms with van der Waals surface area (Å²) in [6.07, 6.45) is 0. The van der Waals surface area contributed by atoms with Gasteiger partial charge in [0.25, 0.3) is 5.91 Å². The molecule has 0 radical (unpaired) electrons. The van der Waals surface area contributed by atoms with Crippen molar-refractivity contribution in [2.24, 2.45) is 5.92 Å². The van der Waals surface area contributed by atoms with E-state index in [0.29, 0.717) is 23.2 Å². The largest absolute Gasteiger partial charge is 0.350 e. The molecule has 10 heteroatoms. The van der Waals surface area contributed by atoms with Crippen molar-refractivity contribution in [1.82, 2.24) is 15.1 Å². The number of amides is 2. The van der Waals surface area contributed by atoms with Crippen LogP contribution in [-0.2, 0) is 4.79 Å². The Balaban J connectivity index is 1.97. The summed E-state index contributed by atoms with van der Waals surface area (Å²) in [5.74, 6) is -4.68. The fourth-order valence-electron chi connectivity index (χ4n) is 3.50. The van der Waals surface area contributed by atoms with Crippen molar-refractivity contribution in [3.05, 3.63) is 56.9 Å². The monoisotopic (exact) mass is 574 g/mol. The molecule has 1 heterocycles. The number of carbonyl (C=O) groups is 2. The van der Waals surface area contributed by atoms with Gasteiger partial charge < -0.3 is 15.5 Å². The molecule has 0 spiro atoms. The summed E-state index contributed by atoms with van der Waals surface area (Å²) in [4.78, 5) is 29.7. The van der Waals surface area contributed by atoms with Crippen LogP contribution in [0, 0.1) is 26.9 Å². The van der Waals surface area contributed by atoms with Crippen molar-refractivity contribution >= 4 is 45.8 Å². The van der Waals surface area contributed by atoms with Gasteiger partial charge in [0, 0.05) is 29.7 Å². The summed E-state index contributed by atoms with van der Waals surface area (Å²) >= 11 is 1.92. The number of carbonyl (C=O) groups excluding carboxylic acids is 2. The van der Waals surface area contributed by atoms with E-state index in [-0.39, 0.29) is 29.6 Å². The molecule has 2 aromatic rings. The van der Waals surface area contributed by atoms with Crippen LogP contribution in [0.1, 0.15) is 24.2 Å². The van der Waals surface area contributed by atoms with E-state index in [4.69, 9.17) is 0 Å². The second-order valence-corrected chi connectivity index (χ2v) is 8.96. The highest BCUT2D eigenvalue weighted by Gasteiger charge is 2.34. The van der Waals surface area contributed by atoms with Crippen LogP contribution in [0.5, 0.6) is 0 Å². The highest BCUT2D eigenvalue weighted by Crippen LogP contribution is 2.30. The maximum absolute atomic E-state index is 14.8. The van der Waals surface area contributed by atoms with Gasteiger partial charge in [0.05, 0.1) is 22.9 Å². The molecule has 2 aromatic carbocycles. The Hall–Kier alpha value is -2.18. The first-order valence-electron chi connectivity index (χ1n) is 10.8. The summed E-state index contributed by atoms with van der Waals surface area (Å²) < 4.78 is 43.9. The van der Waals surface area contributed by atoms with Crippen LogP contribution in [0.2, 0.25) is 0 Å². The molecular formula is C23H26F3IN4O2. The van der Waals surface area contributed by atoms with Crippen molar-refractivity contribution < 1.29 is 22.8 Å². The zero-order valence-electron chi connectivity index (χ0n) is 18.4. The first kappa shape index (κ1) is 25.4. The predicted molar refractivity (Wildman–Crippen MR) is 129 cm³/mol. The van der Waals surface area contributed by atoms with Crippen molar-refractivity contribution in [2.75, 3.05) is 44.6 Å². The fraction of sp³-hybridized carbons (Fsp3) is 0.391. The third-order valence-corrected chi connectivity index (χ3v) is 6.36. The molecule has 6 nitrogen and oxygen atoms in total. The second kappa shape index (κ2) is 11.3. The van der Waals surface area contributed by atoms with E-state index in [0.717, 1.165) is 30.1 Å². The minimum atomic E-state index is -1.32. The Morgan fingerprint density at radius 3 is 2.33 bits per heavy atom. The van der Waals surface area contributed by atoms with Crippen LogP contribution in [0.3, 0.4) is 0 Å². The molecule has 2 amide bonds. The molecule has 178 valence electrons. The molecule has 0 atom stereocenters. The molecular weight excluding hydrogens is 548 g/mol. The lowest BCUT2D eigenvalue weighted by Gasteiger charge is -2.33. The first-order valence-corrected chi connectivity index (χ1v) is 11.8. The number of nitrogens with zero attached hydrogens (tertiary/aromatic N) is 2. The molecule has 1 aliphatic rings. The Morgan fingerprint density at radius 1 is 1.06 bits per heavy atom. The van der Waals surface area contributed by atoms with Gasteiger partial charge in [-0.1, -0.05) is 13.8 Å². The van der Waals surface area contributed by atoms with Crippen LogP contribution >= 0.6 is 22.6 Å². The number of hydrogen-bond donors (Lipinski definition) is 2. The van der Waals surface area contributed by atoms with E-state index in [1.165, 1.54) is 12.1 Å². The number of imide groups is 1. The number of anilines is 2. The molecule has 33 heavy (non-hydrogen) atoms. The lowest BCUT2D eigenvalue weighted by molar-refractivity contribution is -0.134. The molecule has 0 aromatic heterocycles. The molecule has 1 fully saturated rings. The van der Waals surface area contributed by atoms with Gasteiger partial charge in [-0.25, -0.2) is 13.2 Å². The number of likely N-dealkylation sites (N-methyl/N-ethyl adjacent to an activating group) is 1. The van der Waals surface area contributed by atoms with E-state index in [1.807, 2.05) is 36.4 Å². The Bertz CT molecular complexity index is 1030. The average Bonchev–Trinajstić information content (AvgIpc) is 2.74. The van der Waals surface area contributed by atoms with Crippen LogP contribution in [0.25, 0.3) is 0 Å². The topological polar surface area (TPSA) is 64.7 Å². The summed E-state index contributed by atoms with van der Waals surface area (Å²) in [5, 5.41) is 5.52. The summed E-state index contributed by atoms with van der Waals surface area (Å²) in [7, 11) is 0. The number of hydrogen-bond acceptors (Lipinski definition) is 5. The number of benzene rings is 2. The molecule has 1 saturated heterocycles. The van der Waals surface area contributed by atoms with Gasteiger partial charge in [-0.3, -0.25) is 14.5 Å². The molecule has 1 aliphatic heterocycles. The first-order chi connectivity index (χ1) is 15.8. The van der Waals surface area contributed by atoms with Gasteiger partial charge in [0.2, 0.25) is 5.91 Å². The molecule has 2 N–H and O–H groups in total. The van der Waals surface area contributed by atoms with E-state index < -0.39 is 29.0 Å². The summed E-state index contributed by atoms with van der Waals surface area (Å²) in [6, 6.07) is 6.14. The van der Waals surface area contributed by atoms with Gasteiger partial charge in [0.15, 0.2) is 11.6 Å². The molecule has 0 aliphatic carbocycles. The van der Waals surface area contributed by atoms with Crippen molar-refractivity contribution in [1.29, 1.82) is 0 Å². The van der Waals surface area contributed by atoms with Crippen LogP contribution in [0.4, 0.5) is 24.5 Å². The standard InChI is InChI=1S/C23H26F3IN4O2/c1-3-30(4-2)9-10-31(22(32)14-12-28-13-14)23(33)16-6-7-17(24)20(26)21(16)29-19-8-5-15(27)11-18(19)25/h5-8,11,14,28-29H,3-4,9-10,12-13H2,1-2H3. The van der Waals surface area contributed by atoms with Crippen molar-refractivity contribution in [3.63, 3.8) is 0 Å². The summed E-state index contributed by atoms with van der Waals surface area (Å²) in [5.41, 5.74) is -0.863. The van der Waals surface area contributed by atoms with Crippen molar-refractivity contribution in [3.8, 4) is 0 Å². The molecule has 3 rings (SSSR count). The molecule has 0 saturated carbocycles. The number of halogens is 4. The second-order valence-electron chi connectivity index (χ2n) is 7.71. The van der Waals surface area contributed by atoms with Crippen LogP contribution in [-0.4, -0.2) is 60.9 Å². The SMILES string of the molecule is CCN(CC)CCN(C(=O)c1ccc(F)c(F)c1Nc1ccc(I)cc1F)C(=O)C1CNC1. The van der Waals surface area contributed by atoms with Gasteiger partial charge in [-0.05, 0) is 66.0 Å². The smallest absolute Gasteiger partial charge is 0.262 e. The zero-order chi connectivity index (χ0) is 24.1. The van der Waals surface area contributed by atoms with Gasteiger partial charge in [-0.2, -0.15) is 0 Å². The lowest BCUT2D eigenvalue weighted by atomic mass is 10.0. The van der Waals surface area contributed by atoms with E-state index in [1.54, 1.807) is 6.07 Å². The normalized spacial score (nSPS) is 13.7. The minimum Gasteiger partial charge on any atom is -0.350 e. The van der Waals surface area contributed by atoms with Gasteiger partial charge in [-0.15, -0.1) is 0 Å². The highest BCUT2D eigenvalue weighted by atomic mass is 127. The van der Waals surface area contributed by atoms with Gasteiger partial charge in [0.1, 0.15) is 5.82 Å². The third kappa shape index (κ3) is 5.85. The fourth-order valence-corrected chi connectivity index (χ4v) is 3.95. The Morgan fingerprint density at radius 2 is 1.76 bits per heavy atom. The molecule has 0 bridgehead atoms. The quantitative estimate of drug-likeness (QED) is 0.351. The Kier molecular flexibility index (Phi) is 8.71. The average molecular weight is 574 g/mol. The highest BCUT2D eigenvalue weighted by molar-refractivity contribution is 14.1. The summed E-state index contributed by atoms with van der Waals surface area (Å²) in [6.45, 7) is 6.87. The predicted octanol–water partition coefficient (Wildman–Crippen LogP) is 3.98. The van der Waals surface area contributed by atoms with Gasteiger partial charge >= 0.3 is 0 Å². The Labute approximate surface area is 204 Å². The van der Waals surface area contributed by atoms with E-state index in [9.17, 15) is 22.8 Å². The minimum absolute atomic E-state index is 0.103. The zero-order valence-corrected chi connectivity index (χ0v) is 20.6. The van der Waals surface area contributed by atoms with Crippen molar-refractivity contribution in [2.45, 2.75) is 13.8 Å². The number of rotatable bonds is 9. The van der Waals surface area contributed by atoms with E-state index in [2.05, 4.69) is 15.5 Å². The lowest BCUT2D eigenvalue weighted by Crippen LogP contribution is -2.54. The van der Waals surface area contributed by atoms with E-state index >= 15 is 0 Å². The maximum Gasteiger partial charge on any atom is 0.262 e. The maximum atomic E-state index is 14.8. The number of nitrogens with one attached hydrogen (secondary N) is 2. The van der Waals surface area contributed by atoms with Crippen LogP contribution < -0.4 is 10.6 Å². The molecule has 0 unspecified atom stereocenters.